The zero-order chi connectivity index (χ0) is 10.7. The molecule has 0 heterocycles. The molecule has 15 heavy (non-hydrogen) atoms. The van der Waals surface area contributed by atoms with Crippen LogP contribution in [-0.4, -0.2) is 22.7 Å². The molecule has 0 aliphatic heterocycles. The molecule has 0 atom stereocenters. The van der Waals surface area contributed by atoms with Crippen LogP contribution in [0.25, 0.3) is 0 Å². The fourth-order valence-electron chi connectivity index (χ4n) is 2.63. The van der Waals surface area contributed by atoms with Crippen molar-refractivity contribution in [2.75, 3.05) is 0 Å². The van der Waals surface area contributed by atoms with Gasteiger partial charge in [0.1, 0.15) is 0 Å². The Bertz CT molecular complexity index is 162. The first kappa shape index (κ1) is 12.1. The lowest BCUT2D eigenvalue weighted by molar-refractivity contribution is -0.0436. The molecule has 0 aromatic rings. The van der Waals surface area contributed by atoms with Gasteiger partial charge in [-0.05, 0) is 51.4 Å². The highest BCUT2D eigenvalue weighted by atomic mass is 32.1. The molecule has 3 heteroatoms. The third kappa shape index (κ3) is 3.86. The number of hydrogen-bond donors (Lipinski definition) is 2. The molecule has 0 amide bonds. The van der Waals surface area contributed by atoms with Crippen LogP contribution in [-0.2, 0) is 4.74 Å². The van der Waals surface area contributed by atoms with Gasteiger partial charge in [0.2, 0.25) is 0 Å². The summed E-state index contributed by atoms with van der Waals surface area (Å²) in [5.41, 5.74) is 0. The largest absolute Gasteiger partial charge is 0.375 e. The minimum Gasteiger partial charge on any atom is -0.375 e. The van der Waals surface area contributed by atoms with E-state index in [0.29, 0.717) is 22.7 Å². The van der Waals surface area contributed by atoms with Gasteiger partial charge in [0.25, 0.3) is 0 Å². The van der Waals surface area contributed by atoms with E-state index < -0.39 is 0 Å². The number of rotatable bonds is 2. The molecule has 0 unspecified atom stereocenters. The van der Waals surface area contributed by atoms with Gasteiger partial charge in [-0.1, -0.05) is 0 Å². The van der Waals surface area contributed by atoms with Crippen LogP contribution >= 0.6 is 25.3 Å². The van der Waals surface area contributed by atoms with Gasteiger partial charge in [0.15, 0.2) is 0 Å². The molecular formula is C12H22OS2. The summed E-state index contributed by atoms with van der Waals surface area (Å²) in [5, 5.41) is 1.25. The monoisotopic (exact) mass is 246 g/mol. The summed E-state index contributed by atoms with van der Waals surface area (Å²) in [6.45, 7) is 0. The molecule has 2 rings (SSSR count). The van der Waals surface area contributed by atoms with E-state index in [4.69, 9.17) is 4.74 Å². The van der Waals surface area contributed by atoms with Gasteiger partial charge >= 0.3 is 0 Å². The van der Waals surface area contributed by atoms with Crippen LogP contribution in [0.2, 0.25) is 0 Å². The first-order valence-electron chi connectivity index (χ1n) is 6.25. The fraction of sp³-hybridized carbons (Fsp3) is 1.00. The summed E-state index contributed by atoms with van der Waals surface area (Å²) in [5.74, 6) is 0. The number of thiol groups is 2. The summed E-state index contributed by atoms with van der Waals surface area (Å²) < 4.78 is 6.16. The third-order valence-corrected chi connectivity index (χ3v) is 4.71. The predicted octanol–water partition coefficient (Wildman–Crippen LogP) is 3.49. The Morgan fingerprint density at radius 1 is 0.600 bits per heavy atom. The van der Waals surface area contributed by atoms with E-state index in [-0.39, 0.29) is 0 Å². The molecule has 0 N–H and O–H groups in total. The third-order valence-electron chi connectivity index (χ3n) is 3.67. The Kier molecular flexibility index (Phi) is 4.71. The first-order chi connectivity index (χ1) is 7.24. The summed E-state index contributed by atoms with van der Waals surface area (Å²) in [6.07, 6.45) is 10.8. The molecule has 0 spiro atoms. The van der Waals surface area contributed by atoms with Crippen LogP contribution < -0.4 is 0 Å². The average molecular weight is 246 g/mol. The maximum Gasteiger partial charge on any atom is 0.0579 e. The molecular weight excluding hydrogens is 224 g/mol. The van der Waals surface area contributed by atoms with Crippen LogP contribution in [0.15, 0.2) is 0 Å². The minimum absolute atomic E-state index is 0.523. The second kappa shape index (κ2) is 5.83. The van der Waals surface area contributed by atoms with Gasteiger partial charge < -0.3 is 4.74 Å². The van der Waals surface area contributed by atoms with E-state index >= 15 is 0 Å². The highest BCUT2D eigenvalue weighted by Crippen LogP contribution is 2.30. The quantitative estimate of drug-likeness (QED) is 0.709. The van der Waals surface area contributed by atoms with Crippen LogP contribution in [0.5, 0.6) is 0 Å². The summed E-state index contributed by atoms with van der Waals surface area (Å²) in [6, 6.07) is 0. The van der Waals surface area contributed by atoms with Crippen molar-refractivity contribution in [2.24, 2.45) is 0 Å². The van der Waals surface area contributed by atoms with Gasteiger partial charge in [-0.2, -0.15) is 25.3 Å². The first-order valence-corrected chi connectivity index (χ1v) is 7.29. The molecule has 0 bridgehead atoms. The van der Waals surface area contributed by atoms with E-state index in [1.807, 2.05) is 0 Å². The standard InChI is InChI=1S/C12H22OS2/c14-11-5-1-9(2-6-11)13-10-3-7-12(15)8-4-10/h9-12,14-15H,1-8H2. The molecule has 0 radical (unpaired) electrons. The van der Waals surface area contributed by atoms with Crippen molar-refractivity contribution in [2.45, 2.75) is 74.1 Å². The van der Waals surface area contributed by atoms with Crippen molar-refractivity contribution in [3.8, 4) is 0 Å². The molecule has 0 aromatic heterocycles. The lowest BCUT2D eigenvalue weighted by Crippen LogP contribution is -2.30. The predicted molar refractivity (Wildman–Crippen MR) is 71.1 cm³/mol. The Hall–Kier alpha value is 0.660. The Morgan fingerprint density at radius 3 is 1.27 bits per heavy atom. The fourth-order valence-corrected chi connectivity index (χ4v) is 3.23. The molecule has 2 fully saturated rings. The zero-order valence-electron chi connectivity index (χ0n) is 9.27. The molecule has 1 nitrogen and oxygen atoms in total. The van der Waals surface area contributed by atoms with E-state index in [1.54, 1.807) is 0 Å². The van der Waals surface area contributed by atoms with Gasteiger partial charge in [0.05, 0.1) is 12.2 Å². The van der Waals surface area contributed by atoms with Crippen molar-refractivity contribution in [1.82, 2.24) is 0 Å². The molecule has 2 aliphatic carbocycles. The normalized spacial score (nSPS) is 42.8. The summed E-state index contributed by atoms with van der Waals surface area (Å²) in [7, 11) is 0. The van der Waals surface area contributed by atoms with Crippen molar-refractivity contribution < 1.29 is 4.74 Å². The van der Waals surface area contributed by atoms with E-state index in [9.17, 15) is 0 Å². The van der Waals surface area contributed by atoms with Crippen LogP contribution in [0.4, 0.5) is 0 Å². The lowest BCUT2D eigenvalue weighted by Gasteiger charge is -2.32. The molecule has 2 saturated carbocycles. The van der Waals surface area contributed by atoms with Gasteiger partial charge in [0, 0.05) is 10.5 Å². The van der Waals surface area contributed by atoms with Gasteiger partial charge in [-0.3, -0.25) is 0 Å². The maximum absolute atomic E-state index is 6.16. The smallest absolute Gasteiger partial charge is 0.0579 e. The van der Waals surface area contributed by atoms with Crippen LogP contribution in [0.1, 0.15) is 51.4 Å². The topological polar surface area (TPSA) is 9.23 Å². The Morgan fingerprint density at radius 2 is 0.933 bits per heavy atom. The summed E-state index contributed by atoms with van der Waals surface area (Å²) in [4.78, 5) is 0. The maximum atomic E-state index is 6.16. The van der Waals surface area contributed by atoms with E-state index in [1.165, 1.54) is 51.4 Å². The molecule has 0 aromatic carbocycles. The number of hydrogen-bond acceptors (Lipinski definition) is 3. The lowest BCUT2D eigenvalue weighted by atomic mass is 9.94. The number of ether oxygens (including phenoxy) is 1. The highest BCUT2D eigenvalue weighted by molar-refractivity contribution is 7.81. The molecule has 88 valence electrons. The van der Waals surface area contributed by atoms with Crippen molar-refractivity contribution >= 4 is 25.3 Å². The second-order valence-corrected chi connectivity index (χ2v) is 6.46. The Balaban J connectivity index is 1.68. The Labute approximate surface area is 104 Å². The van der Waals surface area contributed by atoms with Crippen molar-refractivity contribution in [3.63, 3.8) is 0 Å². The van der Waals surface area contributed by atoms with Gasteiger partial charge in [-0.15, -0.1) is 0 Å². The average Bonchev–Trinajstić information content (AvgIpc) is 2.25. The van der Waals surface area contributed by atoms with Crippen molar-refractivity contribution in [3.05, 3.63) is 0 Å². The van der Waals surface area contributed by atoms with Crippen LogP contribution in [0.3, 0.4) is 0 Å². The van der Waals surface area contributed by atoms with E-state index in [0.717, 1.165) is 0 Å². The van der Waals surface area contributed by atoms with E-state index in [2.05, 4.69) is 25.3 Å². The van der Waals surface area contributed by atoms with Crippen LogP contribution in [0, 0.1) is 0 Å². The second-order valence-electron chi connectivity index (χ2n) is 5.00. The highest BCUT2D eigenvalue weighted by Gasteiger charge is 2.25. The molecule has 0 saturated heterocycles. The summed E-state index contributed by atoms with van der Waals surface area (Å²) >= 11 is 9.03. The minimum atomic E-state index is 0.523. The SMILES string of the molecule is SC1CCC(OC2CCC(S)CC2)CC1. The molecule has 2 aliphatic rings. The zero-order valence-corrected chi connectivity index (χ0v) is 11.1. The van der Waals surface area contributed by atoms with Crippen molar-refractivity contribution in [1.29, 1.82) is 0 Å². The van der Waals surface area contributed by atoms with Gasteiger partial charge in [-0.25, -0.2) is 0 Å².